The molecular formula is C83H98BN3S2. The van der Waals surface area contributed by atoms with E-state index in [1.54, 1.807) is 38.9 Å². The molecule has 4 atom stereocenters. The number of nitrogens with zero attached hydrogens (tertiary/aromatic N) is 3. The summed E-state index contributed by atoms with van der Waals surface area (Å²) in [6, 6.07) is 40.0. The molecule has 4 aliphatic heterocycles. The number of benzene rings is 6. The predicted octanol–water partition coefficient (Wildman–Crippen LogP) is 21.9. The number of thiophene rings is 2. The minimum Gasteiger partial charge on any atom is -0.334 e. The summed E-state index contributed by atoms with van der Waals surface area (Å²) < 4.78 is 5.89. The lowest BCUT2D eigenvalue weighted by molar-refractivity contribution is 0.0840. The van der Waals surface area contributed by atoms with Crippen LogP contribution >= 0.6 is 22.7 Å². The van der Waals surface area contributed by atoms with E-state index in [0.717, 1.165) is 6.42 Å². The van der Waals surface area contributed by atoms with E-state index in [-0.39, 0.29) is 66.4 Å². The van der Waals surface area contributed by atoms with Crippen LogP contribution in [0.3, 0.4) is 0 Å². The standard InChI is InChI=1S/C83H98BN3S2/c1-73(2,3)47-21-26-63-62(37-47)82(19)28-27-48-46-83(82,20)87(63)51-40-64-68-65(41-51)86(50-23-25-55-61(39-50)81(48,18)36-35-75(55,6)7)70-53-43-58-60(80(16,17)34-32-78(58,12)13)45-67(53)89-72(70)84(68)71-69(52-42-57-59(44-66(52)88-71)79(14,15)33-31-77(57,10)11)85(64)49-22-24-54-56(38-49)76(8,9)30-29-74(54,4)5/h21-26,37-45,48H,27-36,46H2,1-20H3. The summed E-state index contributed by atoms with van der Waals surface area (Å²) in [5.74, 6) is 0.501. The summed E-state index contributed by atoms with van der Waals surface area (Å²) >= 11 is 4.26. The molecule has 0 N–H and O–H groups in total. The van der Waals surface area contributed by atoms with Crippen molar-refractivity contribution < 1.29 is 0 Å². The number of rotatable bonds is 1. The third kappa shape index (κ3) is 7.41. The second kappa shape index (κ2) is 17.3. The second-order valence-corrected chi connectivity index (χ2v) is 39.0. The third-order valence-electron chi connectivity index (χ3n) is 27.3. The molecule has 460 valence electrons. The van der Waals surface area contributed by atoms with E-state index in [9.17, 15) is 0 Å². The van der Waals surface area contributed by atoms with Crippen molar-refractivity contribution in [3.8, 4) is 0 Å². The van der Waals surface area contributed by atoms with Crippen molar-refractivity contribution in [3.63, 3.8) is 0 Å². The number of fused-ring (bicyclic) bond motifs is 21. The van der Waals surface area contributed by atoms with Crippen molar-refractivity contribution in [2.24, 2.45) is 5.92 Å². The first-order valence-corrected chi connectivity index (χ1v) is 36.4. The molecule has 0 saturated heterocycles. The zero-order valence-electron chi connectivity index (χ0n) is 57.8. The van der Waals surface area contributed by atoms with Gasteiger partial charge in [0.25, 0.3) is 6.71 Å². The molecule has 89 heavy (non-hydrogen) atoms. The Morgan fingerprint density at radius 1 is 0.404 bits per heavy atom. The Kier molecular flexibility index (Phi) is 11.2. The Morgan fingerprint density at radius 3 is 1.31 bits per heavy atom. The quantitative estimate of drug-likeness (QED) is 0.152. The van der Waals surface area contributed by atoms with Gasteiger partial charge in [0, 0.05) is 69.3 Å². The fourth-order valence-electron chi connectivity index (χ4n) is 20.6. The molecule has 4 unspecified atom stereocenters. The lowest BCUT2D eigenvalue weighted by atomic mass is 9.39. The van der Waals surface area contributed by atoms with E-state index in [1.165, 1.54) is 162 Å². The average Bonchev–Trinajstić information content (AvgIpc) is 1.59. The van der Waals surface area contributed by atoms with Gasteiger partial charge in [-0.1, -0.05) is 156 Å². The molecular weight excluding hydrogens is 1110 g/mol. The number of anilines is 8. The summed E-state index contributed by atoms with van der Waals surface area (Å²) in [6.45, 7) is 50.9. The Bertz CT molecular complexity index is 4490. The van der Waals surface area contributed by atoms with Crippen molar-refractivity contribution in [1.82, 2.24) is 0 Å². The maximum absolute atomic E-state index is 2.99. The molecule has 17 rings (SSSR count). The third-order valence-corrected chi connectivity index (χ3v) is 29.7. The van der Waals surface area contributed by atoms with Crippen LogP contribution in [0, 0.1) is 5.92 Å². The Morgan fingerprint density at radius 2 is 0.831 bits per heavy atom. The van der Waals surface area contributed by atoms with Gasteiger partial charge in [-0.05, 0) is 260 Å². The van der Waals surface area contributed by atoms with Crippen molar-refractivity contribution in [1.29, 1.82) is 0 Å². The van der Waals surface area contributed by atoms with Gasteiger partial charge in [-0.25, -0.2) is 0 Å². The van der Waals surface area contributed by atoms with Gasteiger partial charge in [-0.3, -0.25) is 0 Å². The Balaban J connectivity index is 1.06. The SMILES string of the molecule is CC(C)(C)c1ccc2c(c1)C1(C)CCC3CC1(C)N2c1cc2c4c(c1)N(c1ccc5c(c1)C3(C)CCC5(C)C)c1c(sc3cc5c(cc13)C(C)(C)CCC5(C)C)B4c1sc3cc4c(cc3c1N2c1ccc2c(c1)C(C)(C)CCC2(C)C)C(C)(C)CCC4(C)C. The van der Waals surface area contributed by atoms with Crippen LogP contribution in [-0.4, -0.2) is 12.3 Å². The van der Waals surface area contributed by atoms with Gasteiger partial charge in [-0.2, -0.15) is 0 Å². The van der Waals surface area contributed by atoms with Crippen LogP contribution in [0.1, 0.15) is 265 Å². The summed E-state index contributed by atoms with van der Waals surface area (Å²) in [4.78, 5) is 8.75. The monoisotopic (exact) mass is 1210 g/mol. The summed E-state index contributed by atoms with van der Waals surface area (Å²) in [7, 11) is 0. The zero-order valence-corrected chi connectivity index (χ0v) is 59.4. The first-order chi connectivity index (χ1) is 41.5. The molecule has 9 aliphatic rings. The van der Waals surface area contributed by atoms with Crippen molar-refractivity contribution in [3.05, 3.63) is 147 Å². The molecule has 1 fully saturated rings. The second-order valence-electron chi connectivity index (χ2n) is 36.8. The molecule has 6 bridgehead atoms. The minimum absolute atomic E-state index is 0.000955. The lowest BCUT2D eigenvalue weighted by Gasteiger charge is -2.58. The Labute approximate surface area is 542 Å². The van der Waals surface area contributed by atoms with E-state index in [1.807, 2.05) is 0 Å². The summed E-state index contributed by atoms with van der Waals surface area (Å²) in [5.41, 5.74) is 28.0. The van der Waals surface area contributed by atoms with Crippen LogP contribution in [0.4, 0.5) is 45.5 Å². The minimum atomic E-state index is -0.224. The maximum atomic E-state index is 2.99. The fraction of sp³-hybridized carbons (Fsp3) is 0.518. The smallest absolute Gasteiger partial charge is 0.277 e. The molecule has 0 amide bonds. The predicted molar refractivity (Wildman–Crippen MR) is 387 cm³/mol. The van der Waals surface area contributed by atoms with Gasteiger partial charge in [0.1, 0.15) is 0 Å². The van der Waals surface area contributed by atoms with Crippen LogP contribution in [0.5, 0.6) is 0 Å². The number of hydrogen-bond donors (Lipinski definition) is 0. The van der Waals surface area contributed by atoms with Crippen LogP contribution in [0.2, 0.25) is 0 Å². The van der Waals surface area contributed by atoms with E-state index >= 15 is 0 Å². The van der Waals surface area contributed by atoms with Crippen molar-refractivity contribution >= 4 is 110 Å². The van der Waals surface area contributed by atoms with E-state index < -0.39 is 0 Å². The molecule has 5 aliphatic carbocycles. The van der Waals surface area contributed by atoms with Gasteiger partial charge >= 0.3 is 0 Å². The maximum Gasteiger partial charge on any atom is 0.277 e. The largest absolute Gasteiger partial charge is 0.334 e. The molecule has 6 heteroatoms. The number of hydrogen-bond acceptors (Lipinski definition) is 5. The van der Waals surface area contributed by atoms with Gasteiger partial charge in [0.05, 0.1) is 16.9 Å². The average molecular weight is 1210 g/mol. The highest BCUT2D eigenvalue weighted by molar-refractivity contribution is 7.40. The molecule has 6 aromatic carbocycles. The first kappa shape index (κ1) is 57.6. The summed E-state index contributed by atoms with van der Waals surface area (Å²) in [5, 5.41) is 2.86. The van der Waals surface area contributed by atoms with E-state index in [2.05, 4.69) is 267 Å². The van der Waals surface area contributed by atoms with Crippen LogP contribution in [-0.2, 0) is 54.1 Å². The molecule has 0 radical (unpaired) electrons. The van der Waals surface area contributed by atoms with Gasteiger partial charge in [-0.15, -0.1) is 22.7 Å². The Hall–Kier alpha value is -5.30. The van der Waals surface area contributed by atoms with E-state index in [4.69, 9.17) is 0 Å². The van der Waals surface area contributed by atoms with Gasteiger partial charge < -0.3 is 14.7 Å². The summed E-state index contributed by atoms with van der Waals surface area (Å²) in [6.07, 6.45) is 13.1. The highest BCUT2D eigenvalue weighted by Crippen LogP contribution is 2.68. The van der Waals surface area contributed by atoms with Crippen molar-refractivity contribution in [2.45, 2.75) is 269 Å². The molecule has 2 aromatic heterocycles. The molecule has 1 saturated carbocycles. The molecule has 3 nitrogen and oxygen atoms in total. The normalized spacial score (nSPS) is 27.6. The topological polar surface area (TPSA) is 9.72 Å². The lowest BCUT2D eigenvalue weighted by Crippen LogP contribution is -2.60. The molecule has 8 aromatic rings. The zero-order chi connectivity index (χ0) is 62.6. The van der Waals surface area contributed by atoms with Crippen molar-refractivity contribution in [2.75, 3.05) is 14.7 Å². The molecule has 6 heterocycles. The van der Waals surface area contributed by atoms with Crippen LogP contribution in [0.25, 0.3) is 20.2 Å². The van der Waals surface area contributed by atoms with E-state index in [0.29, 0.717) is 5.92 Å². The first-order valence-electron chi connectivity index (χ1n) is 34.8. The highest BCUT2D eigenvalue weighted by atomic mass is 32.1. The fourth-order valence-corrected chi connectivity index (χ4v) is 23.4. The van der Waals surface area contributed by atoms with Gasteiger partial charge in [0.15, 0.2) is 0 Å². The van der Waals surface area contributed by atoms with Gasteiger partial charge in [0.2, 0.25) is 0 Å². The highest BCUT2D eigenvalue weighted by Gasteiger charge is 2.63. The van der Waals surface area contributed by atoms with Crippen LogP contribution < -0.4 is 29.7 Å². The molecule has 0 spiro atoms. The van der Waals surface area contributed by atoms with Crippen LogP contribution in [0.15, 0.2) is 91.0 Å².